The number of aromatic amines is 1. The highest BCUT2D eigenvalue weighted by molar-refractivity contribution is 5.81. The number of ether oxygens (including phenoxy) is 1. The smallest absolute Gasteiger partial charge is 0.474 e. The molecule has 1 aromatic heterocycles. The van der Waals surface area contributed by atoms with Gasteiger partial charge in [-0.1, -0.05) is 0 Å². The van der Waals surface area contributed by atoms with Gasteiger partial charge in [-0.25, -0.2) is 9.78 Å². The van der Waals surface area contributed by atoms with Crippen LogP contribution in [-0.4, -0.2) is 32.1 Å². The predicted octanol–water partition coefficient (Wildman–Crippen LogP) is 3.19. The number of aromatic nitrogens is 2. The summed E-state index contributed by atoms with van der Waals surface area (Å²) in [6.45, 7) is 0. The highest BCUT2D eigenvalue weighted by Crippen LogP contribution is 2.27. The Morgan fingerprint density at radius 3 is 2.52 bits per heavy atom. The van der Waals surface area contributed by atoms with Gasteiger partial charge in [0.25, 0.3) is 5.69 Å². The number of halogens is 2. The number of non-ortho nitro benzene ring substituents is 1. The van der Waals surface area contributed by atoms with Gasteiger partial charge in [0.05, 0.1) is 16.0 Å². The zero-order valence-electron chi connectivity index (χ0n) is 12.3. The number of aliphatic carboxylic acids is 1. The van der Waals surface area contributed by atoms with E-state index in [1.54, 1.807) is 0 Å². The van der Waals surface area contributed by atoms with Gasteiger partial charge in [-0.2, -0.15) is 8.78 Å². The fourth-order valence-corrected chi connectivity index (χ4v) is 2.12. The van der Waals surface area contributed by atoms with Crippen LogP contribution < -0.4 is 4.74 Å². The lowest BCUT2D eigenvalue weighted by Crippen LogP contribution is -2.34. The normalized spacial score (nSPS) is 11.4. The maximum Gasteiger partial charge on any atom is 0.501 e. The summed E-state index contributed by atoms with van der Waals surface area (Å²) in [5, 5.41) is 19.1. The Kier molecular flexibility index (Phi) is 3.79. The highest BCUT2D eigenvalue weighted by Gasteiger charge is 2.42. The van der Waals surface area contributed by atoms with E-state index in [-0.39, 0.29) is 11.4 Å². The van der Waals surface area contributed by atoms with Crippen LogP contribution in [0.4, 0.5) is 14.5 Å². The Labute approximate surface area is 137 Å². The molecule has 2 N–H and O–H groups in total. The molecule has 0 aliphatic carbocycles. The average molecular weight is 349 g/mol. The van der Waals surface area contributed by atoms with E-state index >= 15 is 0 Å². The van der Waals surface area contributed by atoms with Gasteiger partial charge in [-0.3, -0.25) is 10.1 Å². The van der Waals surface area contributed by atoms with Crippen molar-refractivity contribution in [2.75, 3.05) is 0 Å². The summed E-state index contributed by atoms with van der Waals surface area (Å²) < 4.78 is 30.1. The number of hydrogen-bond acceptors (Lipinski definition) is 5. The molecule has 0 spiro atoms. The van der Waals surface area contributed by atoms with Crippen molar-refractivity contribution in [1.29, 1.82) is 0 Å². The van der Waals surface area contributed by atoms with Crippen LogP contribution >= 0.6 is 0 Å². The standard InChI is InChI=1S/C15H9F2N3O5/c16-15(17,14(21)22)25-10-4-1-8(2-5-10)13-18-11-6-3-9(20(23)24)7-12(11)19-13/h1-7H,(H,18,19)(H,21,22). The van der Waals surface area contributed by atoms with Crippen LogP contribution in [-0.2, 0) is 4.79 Å². The van der Waals surface area contributed by atoms with Crippen LogP contribution in [0.2, 0.25) is 0 Å². The average Bonchev–Trinajstić information content (AvgIpc) is 2.98. The Balaban J connectivity index is 1.88. The summed E-state index contributed by atoms with van der Waals surface area (Å²) in [5.41, 5.74) is 1.35. The summed E-state index contributed by atoms with van der Waals surface area (Å²) in [4.78, 5) is 27.7. The van der Waals surface area contributed by atoms with Crippen molar-refractivity contribution >= 4 is 22.7 Å². The molecule has 25 heavy (non-hydrogen) atoms. The number of carboxylic acids is 1. The Hall–Kier alpha value is -3.56. The zero-order valence-corrected chi connectivity index (χ0v) is 12.3. The first-order valence-corrected chi connectivity index (χ1v) is 6.81. The number of imidazole rings is 1. The van der Waals surface area contributed by atoms with E-state index in [2.05, 4.69) is 14.7 Å². The summed E-state index contributed by atoms with van der Waals surface area (Å²) in [5.74, 6) is -2.36. The van der Waals surface area contributed by atoms with Crippen molar-refractivity contribution < 1.29 is 28.3 Å². The van der Waals surface area contributed by atoms with Crippen LogP contribution in [0.5, 0.6) is 5.75 Å². The first-order chi connectivity index (χ1) is 11.8. The summed E-state index contributed by atoms with van der Waals surface area (Å²) in [6, 6.07) is 9.27. The molecule has 3 rings (SSSR count). The second-order valence-corrected chi connectivity index (χ2v) is 4.99. The Morgan fingerprint density at radius 2 is 1.92 bits per heavy atom. The number of nitro groups is 1. The van der Waals surface area contributed by atoms with E-state index in [0.717, 1.165) is 0 Å². The fourth-order valence-electron chi connectivity index (χ4n) is 2.12. The van der Waals surface area contributed by atoms with Crippen molar-refractivity contribution in [3.8, 4) is 17.1 Å². The molecule has 0 aliphatic rings. The third kappa shape index (κ3) is 3.22. The first kappa shape index (κ1) is 16.3. The van der Waals surface area contributed by atoms with Gasteiger partial charge < -0.3 is 14.8 Å². The number of nitrogens with zero attached hydrogens (tertiary/aromatic N) is 2. The monoisotopic (exact) mass is 349 g/mol. The van der Waals surface area contributed by atoms with E-state index in [1.165, 1.54) is 42.5 Å². The number of fused-ring (bicyclic) bond motifs is 1. The molecule has 0 saturated heterocycles. The van der Waals surface area contributed by atoms with Crippen molar-refractivity contribution in [2.24, 2.45) is 0 Å². The number of nitro benzene ring substituents is 1. The molecule has 3 aromatic rings. The number of alkyl halides is 2. The summed E-state index contributed by atoms with van der Waals surface area (Å²) in [6.07, 6.45) is -4.33. The first-order valence-electron chi connectivity index (χ1n) is 6.81. The minimum absolute atomic E-state index is 0.0950. The number of benzene rings is 2. The third-order valence-corrected chi connectivity index (χ3v) is 3.30. The molecular weight excluding hydrogens is 340 g/mol. The molecule has 1 heterocycles. The topological polar surface area (TPSA) is 118 Å². The number of hydrogen-bond donors (Lipinski definition) is 2. The van der Waals surface area contributed by atoms with E-state index in [4.69, 9.17) is 5.11 Å². The van der Waals surface area contributed by atoms with Gasteiger partial charge >= 0.3 is 12.1 Å². The second-order valence-electron chi connectivity index (χ2n) is 4.99. The third-order valence-electron chi connectivity index (χ3n) is 3.30. The lowest BCUT2D eigenvalue weighted by atomic mass is 10.2. The molecule has 2 aromatic carbocycles. The minimum atomic E-state index is -4.33. The van der Waals surface area contributed by atoms with E-state index in [9.17, 15) is 23.7 Å². The Bertz CT molecular complexity index is 969. The summed E-state index contributed by atoms with van der Waals surface area (Å²) in [7, 11) is 0. The molecule has 0 fully saturated rings. The SMILES string of the molecule is O=C(O)C(F)(F)Oc1ccc(-c2nc3ccc([N+](=O)[O-])cc3[nH]2)cc1. The van der Waals surface area contributed by atoms with Gasteiger partial charge in [0.15, 0.2) is 0 Å². The molecule has 10 heteroatoms. The largest absolute Gasteiger partial charge is 0.501 e. The zero-order chi connectivity index (χ0) is 18.2. The fraction of sp³-hybridized carbons (Fsp3) is 0.0667. The molecule has 8 nitrogen and oxygen atoms in total. The molecule has 0 atom stereocenters. The molecule has 0 saturated carbocycles. The molecular formula is C15H9F2N3O5. The molecule has 0 bridgehead atoms. The lowest BCUT2D eigenvalue weighted by Gasteiger charge is -2.13. The minimum Gasteiger partial charge on any atom is -0.474 e. The van der Waals surface area contributed by atoms with Crippen LogP contribution in [0.15, 0.2) is 42.5 Å². The number of nitrogens with one attached hydrogen (secondary N) is 1. The predicted molar refractivity (Wildman–Crippen MR) is 81.4 cm³/mol. The quantitative estimate of drug-likeness (QED) is 0.539. The second kappa shape index (κ2) is 5.82. The summed E-state index contributed by atoms with van der Waals surface area (Å²) >= 11 is 0. The number of H-pyrrole nitrogens is 1. The van der Waals surface area contributed by atoms with E-state index in [0.29, 0.717) is 22.4 Å². The van der Waals surface area contributed by atoms with Gasteiger partial charge in [-0.15, -0.1) is 0 Å². The van der Waals surface area contributed by atoms with Crippen LogP contribution in [0.3, 0.4) is 0 Å². The van der Waals surface area contributed by atoms with Gasteiger partial charge in [0.1, 0.15) is 11.6 Å². The van der Waals surface area contributed by atoms with Gasteiger partial charge in [0.2, 0.25) is 0 Å². The number of carboxylic acid groups (broad SMARTS) is 1. The maximum atomic E-state index is 13.0. The van der Waals surface area contributed by atoms with Crippen LogP contribution in [0.25, 0.3) is 22.4 Å². The molecule has 0 aliphatic heterocycles. The number of rotatable bonds is 5. The molecule has 128 valence electrons. The van der Waals surface area contributed by atoms with Crippen molar-refractivity contribution in [2.45, 2.75) is 6.11 Å². The lowest BCUT2D eigenvalue weighted by molar-refractivity contribution is -0.384. The van der Waals surface area contributed by atoms with E-state index in [1.807, 2.05) is 0 Å². The van der Waals surface area contributed by atoms with E-state index < -0.39 is 17.0 Å². The molecule has 0 unspecified atom stereocenters. The van der Waals surface area contributed by atoms with Crippen LogP contribution in [0, 0.1) is 10.1 Å². The van der Waals surface area contributed by atoms with Gasteiger partial charge in [-0.05, 0) is 30.3 Å². The maximum absolute atomic E-state index is 13.0. The number of carbonyl (C=O) groups is 1. The van der Waals surface area contributed by atoms with Crippen molar-refractivity contribution in [1.82, 2.24) is 9.97 Å². The molecule has 0 radical (unpaired) electrons. The molecule has 0 amide bonds. The van der Waals surface area contributed by atoms with Crippen LogP contribution in [0.1, 0.15) is 0 Å². The van der Waals surface area contributed by atoms with Gasteiger partial charge in [0, 0.05) is 17.7 Å². The highest BCUT2D eigenvalue weighted by atomic mass is 19.3. The van der Waals surface area contributed by atoms with Crippen molar-refractivity contribution in [3.05, 3.63) is 52.6 Å². The van der Waals surface area contributed by atoms with Crippen molar-refractivity contribution in [3.63, 3.8) is 0 Å². The Morgan fingerprint density at radius 1 is 1.24 bits per heavy atom.